The highest BCUT2D eigenvalue weighted by molar-refractivity contribution is 6.30. The van der Waals surface area contributed by atoms with E-state index in [9.17, 15) is 4.79 Å². The first kappa shape index (κ1) is 15.7. The van der Waals surface area contributed by atoms with E-state index < -0.39 is 11.7 Å². The van der Waals surface area contributed by atoms with Crippen LogP contribution in [0.2, 0.25) is 5.02 Å². The molecule has 2 aromatic carbocycles. The zero-order valence-electron chi connectivity index (χ0n) is 11.4. The summed E-state index contributed by atoms with van der Waals surface area (Å²) in [6.07, 6.45) is 0. The summed E-state index contributed by atoms with van der Waals surface area (Å²) in [6.45, 7) is 0. The van der Waals surface area contributed by atoms with E-state index >= 15 is 0 Å². The lowest BCUT2D eigenvalue weighted by Crippen LogP contribution is -2.31. The fourth-order valence-corrected chi connectivity index (χ4v) is 1.86. The number of carboxylic acid groups (broad SMARTS) is 1. The smallest absolute Gasteiger partial charge is 0.357 e. The van der Waals surface area contributed by atoms with Crippen LogP contribution in [0.3, 0.4) is 0 Å². The van der Waals surface area contributed by atoms with Crippen molar-refractivity contribution in [1.82, 2.24) is 5.43 Å². The van der Waals surface area contributed by atoms with Crippen LogP contribution < -0.4 is 21.7 Å². The van der Waals surface area contributed by atoms with Crippen molar-refractivity contribution in [1.29, 1.82) is 0 Å². The Labute approximate surface area is 131 Å². The monoisotopic (exact) mass is 319 g/mol. The van der Waals surface area contributed by atoms with Gasteiger partial charge in [0.2, 0.25) is 5.88 Å². The summed E-state index contributed by atoms with van der Waals surface area (Å²) in [6, 6.07) is 14.4. The van der Waals surface area contributed by atoms with Gasteiger partial charge in [-0.05, 0) is 35.4 Å². The second kappa shape index (κ2) is 6.84. The van der Waals surface area contributed by atoms with Crippen molar-refractivity contribution in [3.8, 4) is 16.9 Å². The van der Waals surface area contributed by atoms with Gasteiger partial charge in [0.1, 0.15) is 5.75 Å². The van der Waals surface area contributed by atoms with Crippen molar-refractivity contribution in [3.63, 3.8) is 0 Å². The summed E-state index contributed by atoms with van der Waals surface area (Å²) < 4.78 is 5.31. The fourth-order valence-electron chi connectivity index (χ4n) is 1.73. The van der Waals surface area contributed by atoms with Crippen molar-refractivity contribution in [2.24, 2.45) is 11.6 Å². The van der Waals surface area contributed by atoms with Crippen molar-refractivity contribution < 1.29 is 14.6 Å². The molecule has 0 fully saturated rings. The molecule has 0 bridgehead atoms. The number of carbonyl (C=O) groups is 1. The lowest BCUT2D eigenvalue weighted by Gasteiger charge is -2.11. The third-order valence-corrected chi connectivity index (χ3v) is 3.11. The molecule has 2 rings (SSSR count). The number of nitrogens with two attached hydrogens (primary N) is 2. The zero-order chi connectivity index (χ0) is 16.1. The van der Waals surface area contributed by atoms with Gasteiger partial charge in [-0.1, -0.05) is 35.9 Å². The van der Waals surface area contributed by atoms with Gasteiger partial charge < -0.3 is 15.6 Å². The molecular formula is C15H14ClN3O3. The maximum absolute atomic E-state index is 10.8. The lowest BCUT2D eigenvalue weighted by molar-refractivity contribution is -0.132. The first-order valence-corrected chi connectivity index (χ1v) is 6.62. The summed E-state index contributed by atoms with van der Waals surface area (Å²) in [5.74, 6) is 4.05. The maximum Gasteiger partial charge on any atom is 0.357 e. The van der Waals surface area contributed by atoms with Crippen LogP contribution >= 0.6 is 11.6 Å². The normalized spacial score (nSPS) is 11.5. The lowest BCUT2D eigenvalue weighted by atomic mass is 10.1. The quantitative estimate of drug-likeness (QED) is 0.290. The molecule has 2 aromatic rings. The van der Waals surface area contributed by atoms with Gasteiger partial charge in [0.15, 0.2) is 5.70 Å². The molecule has 0 atom stereocenters. The van der Waals surface area contributed by atoms with Gasteiger partial charge in [-0.25, -0.2) is 10.6 Å². The maximum atomic E-state index is 10.8. The van der Waals surface area contributed by atoms with Crippen LogP contribution in [0.25, 0.3) is 11.1 Å². The van der Waals surface area contributed by atoms with E-state index in [2.05, 4.69) is 5.43 Å². The molecule has 7 heteroatoms. The highest BCUT2D eigenvalue weighted by Gasteiger charge is 2.12. The number of carboxylic acids is 1. The van der Waals surface area contributed by atoms with Crippen LogP contribution in [0.5, 0.6) is 5.75 Å². The number of hydrogen-bond donors (Lipinski definition) is 4. The molecule has 0 aliphatic carbocycles. The summed E-state index contributed by atoms with van der Waals surface area (Å²) in [4.78, 5) is 10.8. The Morgan fingerprint density at radius 2 is 1.55 bits per heavy atom. The first-order chi connectivity index (χ1) is 10.5. The van der Waals surface area contributed by atoms with Crippen LogP contribution in [0, 0.1) is 0 Å². The van der Waals surface area contributed by atoms with Gasteiger partial charge in [-0.15, -0.1) is 0 Å². The van der Waals surface area contributed by atoms with Gasteiger partial charge >= 0.3 is 5.97 Å². The Morgan fingerprint density at radius 3 is 2.00 bits per heavy atom. The molecule has 0 spiro atoms. The molecule has 0 aromatic heterocycles. The van der Waals surface area contributed by atoms with Gasteiger partial charge in [-0.3, -0.25) is 5.43 Å². The van der Waals surface area contributed by atoms with Gasteiger partial charge in [0, 0.05) is 5.02 Å². The number of benzene rings is 2. The number of nitrogens with one attached hydrogen (secondary N) is 1. The van der Waals surface area contributed by atoms with Crippen LogP contribution in [-0.2, 0) is 4.79 Å². The topological polar surface area (TPSA) is 111 Å². The van der Waals surface area contributed by atoms with Gasteiger partial charge in [0.25, 0.3) is 0 Å². The van der Waals surface area contributed by atoms with E-state index in [0.29, 0.717) is 10.8 Å². The Kier molecular flexibility index (Phi) is 4.88. The fraction of sp³-hybridized carbons (Fsp3) is 0. The zero-order valence-corrected chi connectivity index (χ0v) is 12.2. The minimum absolute atomic E-state index is 0.230. The molecule has 0 saturated carbocycles. The predicted octanol–water partition coefficient (Wildman–Crippen LogP) is 2.06. The summed E-state index contributed by atoms with van der Waals surface area (Å²) >= 11 is 5.85. The van der Waals surface area contributed by atoms with Crippen molar-refractivity contribution >= 4 is 17.6 Å². The van der Waals surface area contributed by atoms with E-state index in [1.54, 1.807) is 24.3 Å². The summed E-state index contributed by atoms with van der Waals surface area (Å²) in [5, 5.41) is 9.47. The third kappa shape index (κ3) is 3.69. The highest BCUT2D eigenvalue weighted by atomic mass is 35.5. The highest BCUT2D eigenvalue weighted by Crippen LogP contribution is 2.24. The van der Waals surface area contributed by atoms with Gasteiger partial charge in [-0.2, -0.15) is 0 Å². The van der Waals surface area contributed by atoms with Crippen LogP contribution in [-0.4, -0.2) is 11.1 Å². The average Bonchev–Trinajstić information content (AvgIpc) is 2.53. The Hall–Kier alpha value is -2.70. The second-order valence-corrected chi connectivity index (χ2v) is 4.76. The van der Waals surface area contributed by atoms with E-state index in [-0.39, 0.29) is 5.88 Å². The molecule has 0 aliphatic heterocycles. The first-order valence-electron chi connectivity index (χ1n) is 6.25. The molecular weight excluding hydrogens is 306 g/mol. The third-order valence-electron chi connectivity index (χ3n) is 2.86. The molecule has 114 valence electrons. The van der Waals surface area contributed by atoms with Crippen molar-refractivity contribution in [3.05, 3.63) is 65.1 Å². The molecule has 6 nitrogen and oxygen atoms in total. The largest absolute Gasteiger partial charge is 0.476 e. The van der Waals surface area contributed by atoms with Crippen LogP contribution in [0.15, 0.2) is 60.1 Å². The number of ether oxygens (including phenoxy) is 1. The molecule has 0 radical (unpaired) electrons. The minimum Gasteiger partial charge on any atom is -0.476 e. The number of aliphatic carboxylic acids is 1. The SMILES string of the molecule is NN/C(Oc1ccc(-c2ccc(Cl)cc2)cc1)=C(\N)C(=O)O. The average molecular weight is 320 g/mol. The Bertz CT molecular complexity index is 697. The van der Waals surface area contributed by atoms with E-state index in [1.165, 1.54) is 0 Å². The second-order valence-electron chi connectivity index (χ2n) is 4.33. The molecule has 22 heavy (non-hydrogen) atoms. The van der Waals surface area contributed by atoms with E-state index in [4.69, 9.17) is 33.0 Å². The number of hydrogen-bond acceptors (Lipinski definition) is 5. The summed E-state index contributed by atoms with van der Waals surface area (Å²) in [7, 11) is 0. The molecule has 6 N–H and O–H groups in total. The summed E-state index contributed by atoms with van der Waals surface area (Å²) in [5.41, 5.74) is 8.92. The standard InChI is InChI=1S/C15H14ClN3O3/c16-11-5-1-9(2-6-11)10-3-7-12(8-4-10)22-14(19-18)13(17)15(20)21/h1-8,19H,17-18H2,(H,20,21)/b14-13+. The molecule has 0 heterocycles. The van der Waals surface area contributed by atoms with Crippen LogP contribution in [0.4, 0.5) is 0 Å². The van der Waals surface area contributed by atoms with Gasteiger partial charge in [0.05, 0.1) is 0 Å². The van der Waals surface area contributed by atoms with E-state index in [0.717, 1.165) is 11.1 Å². The van der Waals surface area contributed by atoms with E-state index in [1.807, 2.05) is 24.3 Å². The Morgan fingerprint density at radius 1 is 1.05 bits per heavy atom. The Balaban J connectivity index is 2.20. The molecule has 0 saturated heterocycles. The molecule has 0 unspecified atom stereocenters. The van der Waals surface area contributed by atoms with Crippen molar-refractivity contribution in [2.45, 2.75) is 0 Å². The molecule has 0 amide bonds. The number of halogens is 1. The molecule has 0 aliphatic rings. The number of rotatable bonds is 5. The van der Waals surface area contributed by atoms with Crippen LogP contribution in [0.1, 0.15) is 0 Å². The minimum atomic E-state index is -1.33. The van der Waals surface area contributed by atoms with Crippen molar-refractivity contribution in [2.75, 3.05) is 0 Å². The predicted molar refractivity (Wildman–Crippen MR) is 83.7 cm³/mol. The number of hydrazine groups is 1.